The Bertz CT molecular complexity index is 200. The van der Waals surface area contributed by atoms with Gasteiger partial charge in [0.15, 0.2) is 0 Å². The number of rotatable bonds is 13. The highest BCUT2D eigenvalue weighted by Crippen LogP contribution is 2.12. The Morgan fingerprint density at radius 1 is 0.750 bits per heavy atom. The Morgan fingerprint density at radius 2 is 1.10 bits per heavy atom. The molecule has 6 nitrogen and oxygen atoms in total. The largest absolute Gasteiger partial charge is 0.388 e. The van der Waals surface area contributed by atoms with Gasteiger partial charge < -0.3 is 29.2 Å². The standard InChI is InChI=1S/C12H24Br2O6/c1-17-5-9(15)7-19-11(3-13)12(4-14)20-8-10(16)6-18-2/h9-12,15-16H,3-8H2,1-2H3. The lowest BCUT2D eigenvalue weighted by atomic mass is 10.2. The van der Waals surface area contributed by atoms with E-state index in [0.29, 0.717) is 10.7 Å². The number of hydrogen-bond donors (Lipinski definition) is 2. The molecule has 0 aromatic rings. The molecule has 4 unspecified atom stereocenters. The highest BCUT2D eigenvalue weighted by Gasteiger charge is 2.23. The van der Waals surface area contributed by atoms with E-state index in [9.17, 15) is 10.2 Å². The Kier molecular flexibility index (Phi) is 13.9. The van der Waals surface area contributed by atoms with Crippen LogP contribution in [0.1, 0.15) is 0 Å². The van der Waals surface area contributed by atoms with Gasteiger partial charge in [0.05, 0.1) is 38.6 Å². The van der Waals surface area contributed by atoms with Gasteiger partial charge in [0.2, 0.25) is 0 Å². The molecule has 4 atom stereocenters. The van der Waals surface area contributed by atoms with Gasteiger partial charge in [-0.15, -0.1) is 0 Å². The molecule has 0 saturated heterocycles. The third-order valence-electron chi connectivity index (χ3n) is 2.44. The second kappa shape index (κ2) is 13.4. The second-order valence-electron chi connectivity index (χ2n) is 4.27. The van der Waals surface area contributed by atoms with E-state index in [0.717, 1.165) is 0 Å². The quantitative estimate of drug-likeness (QED) is 0.421. The van der Waals surface area contributed by atoms with Gasteiger partial charge in [-0.2, -0.15) is 0 Å². The fraction of sp³-hybridized carbons (Fsp3) is 1.00. The van der Waals surface area contributed by atoms with Crippen LogP contribution >= 0.6 is 31.9 Å². The zero-order valence-electron chi connectivity index (χ0n) is 11.8. The van der Waals surface area contributed by atoms with Crippen LogP contribution in [-0.2, 0) is 18.9 Å². The summed E-state index contributed by atoms with van der Waals surface area (Å²) in [6.45, 7) is 0.776. The highest BCUT2D eigenvalue weighted by molar-refractivity contribution is 9.09. The Balaban J connectivity index is 4.14. The summed E-state index contributed by atoms with van der Waals surface area (Å²) >= 11 is 6.72. The number of halogens is 2. The normalized spacial score (nSPS) is 17.7. The molecule has 8 heteroatoms. The van der Waals surface area contributed by atoms with E-state index in [1.807, 2.05) is 0 Å². The van der Waals surface area contributed by atoms with Gasteiger partial charge in [-0.1, -0.05) is 31.9 Å². The van der Waals surface area contributed by atoms with Crippen LogP contribution in [0.25, 0.3) is 0 Å². The first-order valence-electron chi connectivity index (χ1n) is 6.28. The van der Waals surface area contributed by atoms with Gasteiger partial charge in [0.25, 0.3) is 0 Å². The zero-order valence-corrected chi connectivity index (χ0v) is 15.0. The number of hydrogen-bond acceptors (Lipinski definition) is 6. The second-order valence-corrected chi connectivity index (χ2v) is 5.57. The minimum absolute atomic E-state index is 0.164. The summed E-state index contributed by atoms with van der Waals surface area (Å²) in [7, 11) is 3.04. The van der Waals surface area contributed by atoms with Gasteiger partial charge >= 0.3 is 0 Å². The van der Waals surface area contributed by atoms with E-state index < -0.39 is 12.2 Å². The molecule has 20 heavy (non-hydrogen) atoms. The monoisotopic (exact) mass is 422 g/mol. The van der Waals surface area contributed by atoms with E-state index in [-0.39, 0.29) is 38.6 Å². The van der Waals surface area contributed by atoms with Crippen molar-refractivity contribution in [2.75, 3.05) is 51.3 Å². The maximum Gasteiger partial charge on any atom is 0.101 e. The summed E-state index contributed by atoms with van der Waals surface area (Å²) in [4.78, 5) is 0. The van der Waals surface area contributed by atoms with Crippen molar-refractivity contribution < 1.29 is 29.2 Å². The summed E-state index contributed by atoms with van der Waals surface area (Å²) in [6, 6.07) is 0. The fourth-order valence-corrected chi connectivity index (χ4v) is 2.66. The number of ether oxygens (including phenoxy) is 4. The van der Waals surface area contributed by atoms with Crippen molar-refractivity contribution in [1.82, 2.24) is 0 Å². The summed E-state index contributed by atoms with van der Waals surface area (Å²) in [5.74, 6) is 0. The number of alkyl halides is 2. The van der Waals surface area contributed by atoms with Gasteiger partial charge in [0, 0.05) is 24.9 Å². The third kappa shape index (κ3) is 9.62. The van der Waals surface area contributed by atoms with Crippen LogP contribution in [0.2, 0.25) is 0 Å². The van der Waals surface area contributed by atoms with Crippen molar-refractivity contribution in [2.45, 2.75) is 24.4 Å². The van der Waals surface area contributed by atoms with Gasteiger partial charge in [-0.3, -0.25) is 0 Å². The molecule has 0 heterocycles. The fourth-order valence-electron chi connectivity index (χ4n) is 1.45. The molecule has 0 radical (unpaired) electrons. The lowest BCUT2D eigenvalue weighted by Crippen LogP contribution is -2.39. The lowest BCUT2D eigenvalue weighted by Gasteiger charge is -2.26. The number of aliphatic hydroxyl groups is 2. The van der Waals surface area contributed by atoms with E-state index in [2.05, 4.69) is 31.9 Å². The van der Waals surface area contributed by atoms with E-state index in [1.54, 1.807) is 0 Å². The molecule has 0 spiro atoms. The summed E-state index contributed by atoms with van der Waals surface area (Å²) < 4.78 is 20.9. The van der Waals surface area contributed by atoms with Crippen LogP contribution in [0.4, 0.5) is 0 Å². The maximum atomic E-state index is 9.56. The van der Waals surface area contributed by atoms with Crippen LogP contribution in [-0.4, -0.2) is 85.9 Å². The van der Waals surface area contributed by atoms with Crippen LogP contribution in [0.15, 0.2) is 0 Å². The molecular weight excluding hydrogens is 400 g/mol. The van der Waals surface area contributed by atoms with E-state index >= 15 is 0 Å². The Hall–Kier alpha value is 0.720. The third-order valence-corrected chi connectivity index (χ3v) is 3.72. The predicted octanol–water partition coefficient (Wildman–Crippen LogP) is 0.561. The van der Waals surface area contributed by atoms with Gasteiger partial charge in [0.1, 0.15) is 12.2 Å². The predicted molar refractivity (Wildman–Crippen MR) is 82.8 cm³/mol. The van der Waals surface area contributed by atoms with Crippen LogP contribution in [0, 0.1) is 0 Å². The van der Waals surface area contributed by atoms with Crippen molar-refractivity contribution in [3.63, 3.8) is 0 Å². The van der Waals surface area contributed by atoms with Crippen LogP contribution in [0.5, 0.6) is 0 Å². The summed E-state index contributed by atoms with van der Waals surface area (Å²) in [5, 5.41) is 20.2. The van der Waals surface area contributed by atoms with Crippen LogP contribution < -0.4 is 0 Å². The van der Waals surface area contributed by atoms with Crippen LogP contribution in [0.3, 0.4) is 0 Å². The Morgan fingerprint density at radius 3 is 1.35 bits per heavy atom. The lowest BCUT2D eigenvalue weighted by molar-refractivity contribution is -0.100. The first-order chi connectivity index (χ1) is 9.58. The SMILES string of the molecule is COCC(O)COC(CBr)C(CBr)OCC(O)COC. The van der Waals surface area contributed by atoms with Crippen molar-refractivity contribution in [3.8, 4) is 0 Å². The average Bonchev–Trinajstić information content (AvgIpc) is 2.43. The van der Waals surface area contributed by atoms with Gasteiger partial charge in [-0.25, -0.2) is 0 Å². The molecule has 0 aromatic carbocycles. The molecule has 0 bridgehead atoms. The molecule has 122 valence electrons. The molecule has 2 N–H and O–H groups in total. The zero-order chi connectivity index (χ0) is 15.4. The van der Waals surface area contributed by atoms with E-state index in [1.165, 1.54) is 14.2 Å². The van der Waals surface area contributed by atoms with Crippen molar-refractivity contribution in [1.29, 1.82) is 0 Å². The molecule has 0 aliphatic rings. The maximum absolute atomic E-state index is 9.56. The first kappa shape index (κ1) is 20.7. The smallest absolute Gasteiger partial charge is 0.101 e. The summed E-state index contributed by atoms with van der Waals surface area (Å²) in [6.07, 6.45) is -1.82. The first-order valence-corrected chi connectivity index (χ1v) is 8.52. The Labute approximate surface area is 137 Å². The minimum atomic E-state index is -0.670. The number of aliphatic hydroxyl groups excluding tert-OH is 2. The molecule has 0 amide bonds. The molecule has 0 fully saturated rings. The van der Waals surface area contributed by atoms with E-state index in [4.69, 9.17) is 18.9 Å². The van der Waals surface area contributed by atoms with Gasteiger partial charge in [-0.05, 0) is 0 Å². The molecule has 0 aliphatic heterocycles. The van der Waals surface area contributed by atoms with Crippen molar-refractivity contribution in [2.24, 2.45) is 0 Å². The molecular formula is C12H24Br2O6. The molecule has 0 aromatic heterocycles. The topological polar surface area (TPSA) is 77.4 Å². The molecule has 0 aliphatic carbocycles. The minimum Gasteiger partial charge on any atom is -0.388 e. The molecule has 0 rings (SSSR count). The number of methoxy groups -OCH3 is 2. The summed E-state index contributed by atoms with van der Waals surface area (Å²) in [5.41, 5.74) is 0. The van der Waals surface area contributed by atoms with Crippen molar-refractivity contribution in [3.05, 3.63) is 0 Å². The van der Waals surface area contributed by atoms with Crippen molar-refractivity contribution >= 4 is 31.9 Å². The molecule has 0 saturated carbocycles. The highest BCUT2D eigenvalue weighted by atomic mass is 79.9. The average molecular weight is 424 g/mol.